The third-order valence-electron chi connectivity index (χ3n) is 3.91. The van der Waals surface area contributed by atoms with Gasteiger partial charge in [-0.15, -0.1) is 0 Å². The van der Waals surface area contributed by atoms with Gasteiger partial charge in [-0.1, -0.05) is 32.8 Å². The van der Waals surface area contributed by atoms with Crippen LogP contribution < -0.4 is 10.1 Å². The van der Waals surface area contributed by atoms with E-state index in [0.29, 0.717) is 12.0 Å². The molecule has 0 saturated heterocycles. The van der Waals surface area contributed by atoms with E-state index in [1.165, 1.54) is 36.8 Å². The minimum Gasteiger partial charge on any atom is -0.497 e. The predicted octanol–water partition coefficient (Wildman–Crippen LogP) is 4.48. The maximum Gasteiger partial charge on any atom is 0.119 e. The van der Waals surface area contributed by atoms with E-state index >= 15 is 0 Å². The van der Waals surface area contributed by atoms with E-state index in [2.05, 4.69) is 51.3 Å². The quantitative estimate of drug-likeness (QED) is 0.746. The minimum absolute atomic E-state index is 0.450. The average molecular weight is 263 g/mol. The Kier molecular flexibility index (Phi) is 6.93. The Morgan fingerprint density at radius 1 is 1.16 bits per heavy atom. The lowest BCUT2D eigenvalue weighted by atomic mass is 9.84. The third kappa shape index (κ3) is 4.24. The molecule has 1 aromatic rings. The number of benzene rings is 1. The summed E-state index contributed by atoms with van der Waals surface area (Å²) in [6.45, 7) is 6.73. The van der Waals surface area contributed by atoms with Gasteiger partial charge in [0.25, 0.3) is 0 Å². The monoisotopic (exact) mass is 263 g/mol. The molecule has 2 heteroatoms. The number of ether oxygens (including phenoxy) is 1. The number of hydrogen-bond donors (Lipinski definition) is 1. The molecule has 1 rings (SSSR count). The Bertz CT molecular complexity index is 370. The summed E-state index contributed by atoms with van der Waals surface area (Å²) in [5, 5.41) is 3.53. The highest BCUT2D eigenvalue weighted by Gasteiger charge is 2.21. The van der Waals surface area contributed by atoms with Crippen LogP contribution in [0, 0.1) is 12.8 Å². The number of hydrogen-bond acceptors (Lipinski definition) is 2. The molecule has 1 unspecified atom stereocenters. The molecule has 0 amide bonds. The average Bonchev–Trinajstić information content (AvgIpc) is 2.41. The molecule has 0 aromatic heterocycles. The van der Waals surface area contributed by atoms with Crippen LogP contribution in [0.25, 0.3) is 0 Å². The highest BCUT2D eigenvalue weighted by Crippen LogP contribution is 2.32. The van der Waals surface area contributed by atoms with Gasteiger partial charge in [0.2, 0.25) is 0 Å². The molecule has 1 aromatic carbocycles. The Morgan fingerprint density at radius 2 is 1.79 bits per heavy atom. The molecule has 0 fully saturated rings. The Balaban J connectivity index is 2.99. The molecule has 1 N–H and O–H groups in total. The molecular formula is C17H29NO. The van der Waals surface area contributed by atoms with Crippen LogP contribution in [0.3, 0.4) is 0 Å². The first-order chi connectivity index (χ1) is 9.17. The van der Waals surface area contributed by atoms with Gasteiger partial charge in [-0.25, -0.2) is 0 Å². The molecule has 0 saturated carbocycles. The van der Waals surface area contributed by atoms with Gasteiger partial charge in [-0.2, -0.15) is 0 Å². The van der Waals surface area contributed by atoms with Crippen LogP contribution in [-0.4, -0.2) is 14.2 Å². The third-order valence-corrected chi connectivity index (χ3v) is 3.91. The van der Waals surface area contributed by atoms with Gasteiger partial charge >= 0.3 is 0 Å². The molecule has 0 heterocycles. The van der Waals surface area contributed by atoms with E-state index in [-0.39, 0.29) is 0 Å². The van der Waals surface area contributed by atoms with Gasteiger partial charge in [-0.05, 0) is 56.0 Å². The summed E-state index contributed by atoms with van der Waals surface area (Å²) < 4.78 is 5.30. The van der Waals surface area contributed by atoms with Crippen molar-refractivity contribution in [3.8, 4) is 5.75 Å². The zero-order valence-electron chi connectivity index (χ0n) is 13.1. The molecule has 0 aliphatic heterocycles. The van der Waals surface area contributed by atoms with Crippen LogP contribution in [0.1, 0.15) is 56.7 Å². The standard InChI is InChI=1S/C17H29NO/c1-6-8-14(9-7-2)17(18-4)16-11-10-15(19-5)12-13(16)3/h10-12,14,17-18H,6-9H2,1-5H3. The normalized spacial score (nSPS) is 12.7. The first kappa shape index (κ1) is 16.0. The van der Waals surface area contributed by atoms with Crippen LogP contribution in [0.2, 0.25) is 0 Å². The van der Waals surface area contributed by atoms with Gasteiger partial charge in [-0.3, -0.25) is 0 Å². The van der Waals surface area contributed by atoms with Crippen LogP contribution in [0.4, 0.5) is 0 Å². The van der Waals surface area contributed by atoms with Crippen molar-refractivity contribution < 1.29 is 4.74 Å². The van der Waals surface area contributed by atoms with Gasteiger partial charge in [0, 0.05) is 6.04 Å². The molecule has 2 nitrogen and oxygen atoms in total. The van der Waals surface area contributed by atoms with E-state index in [0.717, 1.165) is 5.75 Å². The zero-order chi connectivity index (χ0) is 14.3. The molecule has 0 radical (unpaired) electrons. The van der Waals surface area contributed by atoms with Gasteiger partial charge in [0.05, 0.1) is 7.11 Å². The fourth-order valence-corrected chi connectivity index (χ4v) is 2.99. The Morgan fingerprint density at radius 3 is 2.21 bits per heavy atom. The van der Waals surface area contributed by atoms with E-state index in [1.54, 1.807) is 7.11 Å². The highest BCUT2D eigenvalue weighted by molar-refractivity contribution is 5.37. The van der Waals surface area contributed by atoms with Crippen molar-refractivity contribution >= 4 is 0 Å². The summed E-state index contributed by atoms with van der Waals surface area (Å²) in [6.07, 6.45) is 5.06. The molecule has 0 bridgehead atoms. The van der Waals surface area contributed by atoms with Crippen LogP contribution >= 0.6 is 0 Å². The maximum absolute atomic E-state index is 5.30. The van der Waals surface area contributed by atoms with Crippen LogP contribution in [0.5, 0.6) is 5.75 Å². The van der Waals surface area contributed by atoms with E-state index in [4.69, 9.17) is 4.74 Å². The second-order valence-corrected chi connectivity index (χ2v) is 5.33. The molecule has 0 spiro atoms. The fraction of sp³-hybridized carbons (Fsp3) is 0.647. The number of aryl methyl sites for hydroxylation is 1. The Labute approximate surface area is 118 Å². The lowest BCUT2D eigenvalue weighted by Gasteiger charge is -2.28. The smallest absolute Gasteiger partial charge is 0.119 e. The van der Waals surface area contributed by atoms with Gasteiger partial charge < -0.3 is 10.1 Å². The maximum atomic E-state index is 5.30. The number of methoxy groups -OCH3 is 1. The van der Waals surface area contributed by atoms with Crippen molar-refractivity contribution in [3.05, 3.63) is 29.3 Å². The molecule has 108 valence electrons. The SMILES string of the molecule is CCCC(CCC)C(NC)c1ccc(OC)cc1C. The van der Waals surface area contributed by atoms with Crippen LogP contribution in [0.15, 0.2) is 18.2 Å². The van der Waals surface area contributed by atoms with Crippen molar-refractivity contribution in [2.75, 3.05) is 14.2 Å². The molecule has 19 heavy (non-hydrogen) atoms. The summed E-state index contributed by atoms with van der Waals surface area (Å²) in [5.74, 6) is 1.66. The van der Waals surface area contributed by atoms with Crippen molar-refractivity contribution in [2.24, 2.45) is 5.92 Å². The second-order valence-electron chi connectivity index (χ2n) is 5.33. The number of nitrogens with one attached hydrogen (secondary N) is 1. The summed E-state index contributed by atoms with van der Waals surface area (Å²) in [6, 6.07) is 6.87. The summed E-state index contributed by atoms with van der Waals surface area (Å²) >= 11 is 0. The first-order valence-electron chi connectivity index (χ1n) is 7.49. The zero-order valence-corrected chi connectivity index (χ0v) is 13.1. The van der Waals surface area contributed by atoms with Crippen molar-refractivity contribution in [1.82, 2.24) is 5.32 Å². The van der Waals surface area contributed by atoms with Crippen molar-refractivity contribution in [3.63, 3.8) is 0 Å². The summed E-state index contributed by atoms with van der Waals surface area (Å²) in [4.78, 5) is 0. The topological polar surface area (TPSA) is 21.3 Å². The summed E-state index contributed by atoms with van der Waals surface area (Å²) in [7, 11) is 3.80. The van der Waals surface area contributed by atoms with Gasteiger partial charge in [0.15, 0.2) is 0 Å². The van der Waals surface area contributed by atoms with Gasteiger partial charge in [0.1, 0.15) is 5.75 Å². The Hall–Kier alpha value is -1.02. The lowest BCUT2D eigenvalue weighted by molar-refractivity contribution is 0.329. The van der Waals surface area contributed by atoms with Crippen molar-refractivity contribution in [1.29, 1.82) is 0 Å². The summed E-state index contributed by atoms with van der Waals surface area (Å²) in [5.41, 5.74) is 2.73. The molecule has 1 atom stereocenters. The van der Waals surface area contributed by atoms with Crippen molar-refractivity contribution in [2.45, 2.75) is 52.5 Å². The molecule has 0 aliphatic carbocycles. The minimum atomic E-state index is 0.450. The fourth-order valence-electron chi connectivity index (χ4n) is 2.99. The lowest BCUT2D eigenvalue weighted by Crippen LogP contribution is -2.26. The number of rotatable bonds is 8. The van der Waals surface area contributed by atoms with E-state index < -0.39 is 0 Å². The molecular weight excluding hydrogens is 234 g/mol. The largest absolute Gasteiger partial charge is 0.497 e. The first-order valence-corrected chi connectivity index (χ1v) is 7.49. The predicted molar refractivity (Wildman–Crippen MR) is 82.8 cm³/mol. The van der Waals surface area contributed by atoms with E-state index in [9.17, 15) is 0 Å². The van der Waals surface area contributed by atoms with E-state index in [1.807, 2.05) is 0 Å². The highest BCUT2D eigenvalue weighted by atomic mass is 16.5. The molecule has 0 aliphatic rings. The second kappa shape index (κ2) is 8.21. The van der Waals surface area contributed by atoms with Crippen LogP contribution in [-0.2, 0) is 0 Å².